The molecule has 0 aromatic heterocycles. The highest BCUT2D eigenvalue weighted by Gasteiger charge is 2.33. The van der Waals surface area contributed by atoms with Gasteiger partial charge in [0.15, 0.2) is 0 Å². The van der Waals surface area contributed by atoms with Crippen molar-refractivity contribution in [3.05, 3.63) is 64.7 Å². The first kappa shape index (κ1) is 14.9. The average Bonchev–Trinajstić information content (AvgIpc) is 3.38. The first-order valence-electron chi connectivity index (χ1n) is 7.38. The number of hydrogen-bond acceptors (Lipinski definition) is 2. The predicted octanol–water partition coefficient (Wildman–Crippen LogP) is 4.23. The van der Waals surface area contributed by atoms with Gasteiger partial charge < -0.3 is 10.1 Å². The molecular weight excluding hydrogens is 298 g/mol. The molecule has 1 fully saturated rings. The zero-order valence-electron chi connectivity index (χ0n) is 12.4. The molecule has 1 atom stereocenters. The number of methoxy groups -OCH3 is 1. The van der Waals surface area contributed by atoms with Crippen LogP contribution in [0.4, 0.5) is 0 Å². The van der Waals surface area contributed by atoms with Crippen molar-refractivity contribution in [1.82, 2.24) is 5.32 Å². The molecule has 1 N–H and O–H groups in total. The van der Waals surface area contributed by atoms with Gasteiger partial charge in [-0.2, -0.15) is 0 Å². The summed E-state index contributed by atoms with van der Waals surface area (Å²) >= 11 is 6.11. The summed E-state index contributed by atoms with van der Waals surface area (Å²) in [6.07, 6.45) is 2.28. The summed E-state index contributed by atoms with van der Waals surface area (Å²) < 4.78 is 5.19. The average molecular weight is 316 g/mol. The maximum Gasteiger partial charge on any atom is 0.253 e. The fourth-order valence-electron chi connectivity index (χ4n) is 2.58. The van der Waals surface area contributed by atoms with Gasteiger partial charge in [-0.05, 0) is 48.6 Å². The Labute approximate surface area is 135 Å². The molecule has 114 valence electrons. The number of carbonyl (C=O) groups excluding carboxylic acids is 1. The normalized spacial score (nSPS) is 15.2. The van der Waals surface area contributed by atoms with Crippen molar-refractivity contribution in [2.75, 3.05) is 7.11 Å². The SMILES string of the molecule is COc1ccc(C(NC(=O)c2ccccc2Cl)C2CC2)cc1. The molecule has 2 aromatic carbocycles. The van der Waals surface area contributed by atoms with Crippen LogP contribution in [0.2, 0.25) is 5.02 Å². The minimum absolute atomic E-state index is 0.0229. The molecule has 0 radical (unpaired) electrons. The highest BCUT2D eigenvalue weighted by atomic mass is 35.5. The number of ether oxygens (including phenoxy) is 1. The molecule has 1 unspecified atom stereocenters. The first-order valence-corrected chi connectivity index (χ1v) is 7.76. The van der Waals surface area contributed by atoms with Crippen LogP contribution in [0.5, 0.6) is 5.75 Å². The van der Waals surface area contributed by atoms with E-state index in [4.69, 9.17) is 16.3 Å². The second-order valence-corrected chi connectivity index (χ2v) is 5.95. The highest BCUT2D eigenvalue weighted by molar-refractivity contribution is 6.33. The number of halogens is 1. The minimum atomic E-state index is -0.127. The van der Waals surface area contributed by atoms with Gasteiger partial charge in [-0.1, -0.05) is 35.9 Å². The molecule has 0 heterocycles. The van der Waals surface area contributed by atoms with Gasteiger partial charge in [0.05, 0.1) is 23.7 Å². The van der Waals surface area contributed by atoms with Gasteiger partial charge in [0.2, 0.25) is 0 Å². The van der Waals surface area contributed by atoms with E-state index in [1.54, 1.807) is 19.2 Å². The van der Waals surface area contributed by atoms with Gasteiger partial charge in [0.1, 0.15) is 5.75 Å². The summed E-state index contributed by atoms with van der Waals surface area (Å²) in [6.45, 7) is 0. The van der Waals surface area contributed by atoms with E-state index in [9.17, 15) is 4.79 Å². The van der Waals surface area contributed by atoms with Crippen LogP contribution >= 0.6 is 11.6 Å². The smallest absolute Gasteiger partial charge is 0.253 e. The van der Waals surface area contributed by atoms with Crippen molar-refractivity contribution in [1.29, 1.82) is 0 Å². The fourth-order valence-corrected chi connectivity index (χ4v) is 2.80. The lowest BCUT2D eigenvalue weighted by molar-refractivity contribution is 0.0932. The lowest BCUT2D eigenvalue weighted by Crippen LogP contribution is -2.30. The molecule has 3 rings (SSSR count). The maximum atomic E-state index is 12.5. The molecule has 4 heteroatoms. The van der Waals surface area contributed by atoms with E-state index in [2.05, 4.69) is 5.32 Å². The van der Waals surface area contributed by atoms with E-state index in [1.165, 1.54) is 0 Å². The first-order chi connectivity index (χ1) is 10.7. The van der Waals surface area contributed by atoms with Crippen LogP contribution in [0, 0.1) is 5.92 Å². The Kier molecular flexibility index (Phi) is 4.34. The van der Waals surface area contributed by atoms with Crippen LogP contribution < -0.4 is 10.1 Å². The van der Waals surface area contributed by atoms with Gasteiger partial charge in [-0.3, -0.25) is 4.79 Å². The Morgan fingerprint density at radius 3 is 2.45 bits per heavy atom. The molecule has 2 aromatic rings. The Bertz CT molecular complexity index is 665. The van der Waals surface area contributed by atoms with Crippen LogP contribution in [-0.2, 0) is 0 Å². The molecule has 0 aliphatic heterocycles. The summed E-state index contributed by atoms with van der Waals surface area (Å²) in [5, 5.41) is 3.60. The second kappa shape index (κ2) is 6.41. The Morgan fingerprint density at radius 2 is 1.86 bits per heavy atom. The molecule has 0 saturated heterocycles. The van der Waals surface area contributed by atoms with Crippen molar-refractivity contribution < 1.29 is 9.53 Å². The van der Waals surface area contributed by atoms with E-state index in [0.29, 0.717) is 16.5 Å². The van der Waals surface area contributed by atoms with Gasteiger partial charge in [0, 0.05) is 0 Å². The molecule has 0 bridgehead atoms. The maximum absolute atomic E-state index is 12.5. The number of benzene rings is 2. The van der Waals surface area contributed by atoms with Crippen molar-refractivity contribution in [3.8, 4) is 5.75 Å². The summed E-state index contributed by atoms with van der Waals surface area (Å²) in [6, 6.07) is 15.0. The van der Waals surface area contributed by atoms with Gasteiger partial charge in [-0.15, -0.1) is 0 Å². The topological polar surface area (TPSA) is 38.3 Å². The molecule has 1 saturated carbocycles. The van der Waals surface area contributed by atoms with Crippen molar-refractivity contribution >= 4 is 17.5 Å². The van der Waals surface area contributed by atoms with E-state index in [0.717, 1.165) is 24.2 Å². The second-order valence-electron chi connectivity index (χ2n) is 5.54. The zero-order chi connectivity index (χ0) is 15.5. The largest absolute Gasteiger partial charge is 0.497 e. The number of carbonyl (C=O) groups is 1. The predicted molar refractivity (Wildman–Crippen MR) is 87.4 cm³/mol. The zero-order valence-corrected chi connectivity index (χ0v) is 13.1. The molecule has 3 nitrogen and oxygen atoms in total. The molecule has 22 heavy (non-hydrogen) atoms. The van der Waals surface area contributed by atoms with Crippen LogP contribution in [0.1, 0.15) is 34.8 Å². The number of hydrogen-bond donors (Lipinski definition) is 1. The standard InChI is InChI=1S/C18H18ClNO2/c1-22-14-10-8-13(9-11-14)17(12-6-7-12)20-18(21)15-4-2-3-5-16(15)19/h2-5,8-12,17H,6-7H2,1H3,(H,20,21). The lowest BCUT2D eigenvalue weighted by Gasteiger charge is -2.19. The summed E-state index contributed by atoms with van der Waals surface area (Å²) in [4.78, 5) is 12.5. The summed E-state index contributed by atoms with van der Waals surface area (Å²) in [5.41, 5.74) is 1.62. The molecule has 1 aliphatic rings. The molecular formula is C18H18ClNO2. The van der Waals surface area contributed by atoms with Crippen LogP contribution in [-0.4, -0.2) is 13.0 Å². The van der Waals surface area contributed by atoms with E-state index in [1.807, 2.05) is 36.4 Å². The Morgan fingerprint density at radius 1 is 1.18 bits per heavy atom. The van der Waals surface area contributed by atoms with Crippen LogP contribution in [0.15, 0.2) is 48.5 Å². The van der Waals surface area contributed by atoms with Gasteiger partial charge in [-0.25, -0.2) is 0 Å². The molecule has 0 spiro atoms. The highest BCUT2D eigenvalue weighted by Crippen LogP contribution is 2.41. The third kappa shape index (κ3) is 3.25. The number of amides is 1. The summed E-state index contributed by atoms with van der Waals surface area (Å²) in [5.74, 6) is 1.19. The minimum Gasteiger partial charge on any atom is -0.497 e. The van der Waals surface area contributed by atoms with Crippen molar-refractivity contribution in [3.63, 3.8) is 0 Å². The fraction of sp³-hybridized carbons (Fsp3) is 0.278. The van der Waals surface area contributed by atoms with Crippen LogP contribution in [0.25, 0.3) is 0 Å². The Hall–Kier alpha value is -2.00. The molecule has 1 aliphatic carbocycles. The quantitative estimate of drug-likeness (QED) is 0.896. The lowest BCUT2D eigenvalue weighted by atomic mass is 10.0. The van der Waals surface area contributed by atoms with E-state index >= 15 is 0 Å². The van der Waals surface area contributed by atoms with E-state index in [-0.39, 0.29) is 11.9 Å². The van der Waals surface area contributed by atoms with Crippen LogP contribution in [0.3, 0.4) is 0 Å². The number of rotatable bonds is 5. The summed E-state index contributed by atoms with van der Waals surface area (Å²) in [7, 11) is 1.65. The third-order valence-corrected chi connectivity index (χ3v) is 4.30. The van der Waals surface area contributed by atoms with E-state index < -0.39 is 0 Å². The third-order valence-electron chi connectivity index (χ3n) is 3.97. The van der Waals surface area contributed by atoms with Crippen molar-refractivity contribution in [2.45, 2.75) is 18.9 Å². The van der Waals surface area contributed by atoms with Crippen molar-refractivity contribution in [2.24, 2.45) is 5.92 Å². The van der Waals surface area contributed by atoms with Gasteiger partial charge in [0.25, 0.3) is 5.91 Å². The number of nitrogens with one attached hydrogen (secondary N) is 1. The van der Waals surface area contributed by atoms with Gasteiger partial charge >= 0.3 is 0 Å². The Balaban J connectivity index is 1.80. The molecule has 1 amide bonds. The monoisotopic (exact) mass is 315 g/mol.